The molecule has 2 bridgehead atoms. The number of benzene rings is 1. The summed E-state index contributed by atoms with van der Waals surface area (Å²) in [5.41, 5.74) is -0.583. The molecule has 1 saturated carbocycles. The largest absolute Gasteiger partial charge is 0.497 e. The minimum Gasteiger partial charge on any atom is -0.497 e. The van der Waals surface area contributed by atoms with Crippen molar-refractivity contribution in [1.82, 2.24) is 10.2 Å². The summed E-state index contributed by atoms with van der Waals surface area (Å²) in [4.78, 5) is 42.9. The highest BCUT2D eigenvalue weighted by atomic mass is 16.5. The zero-order chi connectivity index (χ0) is 26.2. The third kappa shape index (κ3) is 4.52. The van der Waals surface area contributed by atoms with Crippen LogP contribution in [0.25, 0.3) is 0 Å². The fourth-order valence-corrected chi connectivity index (χ4v) is 6.61. The fourth-order valence-electron chi connectivity index (χ4n) is 6.61. The van der Waals surface area contributed by atoms with Gasteiger partial charge in [-0.05, 0) is 37.3 Å². The summed E-state index contributed by atoms with van der Waals surface area (Å²) in [5, 5.41) is 6.18. The van der Waals surface area contributed by atoms with Crippen molar-refractivity contribution in [3.05, 3.63) is 36.4 Å². The van der Waals surface area contributed by atoms with Crippen LogP contribution >= 0.6 is 0 Å². The summed E-state index contributed by atoms with van der Waals surface area (Å²) in [7, 11) is 3.17. The normalized spacial score (nSPS) is 33.9. The zero-order valence-corrected chi connectivity index (χ0v) is 21.8. The molecule has 3 heterocycles. The molecule has 1 aromatic rings. The molecule has 3 aliphatic heterocycles. The van der Waals surface area contributed by atoms with E-state index in [9.17, 15) is 14.4 Å². The Kier molecular flexibility index (Phi) is 7.27. The maximum Gasteiger partial charge on any atom is 0.246 e. The molecule has 0 radical (unpaired) electrons. The fraction of sp³-hybridized carbons (Fsp3) is 0.607. The summed E-state index contributed by atoms with van der Waals surface area (Å²) in [6.07, 6.45) is 7.95. The molecular formula is C28H37N3O6. The number of hydrogen-bond donors (Lipinski definition) is 2. The van der Waals surface area contributed by atoms with Gasteiger partial charge in [0.25, 0.3) is 0 Å². The SMILES string of the molecule is COCCCN1C(=O)[C@H]2[C@H](C(=O)Nc3cccc(OC)c3)[C@H]3C=C[C@@]2(O3)[C@@H]1C(=O)N[C@H]1CCCC[C@@H]1C. The predicted octanol–water partition coefficient (Wildman–Crippen LogP) is 2.52. The molecule has 2 saturated heterocycles. The molecule has 5 rings (SSSR count). The van der Waals surface area contributed by atoms with Crippen molar-refractivity contribution in [3.8, 4) is 5.75 Å². The topological polar surface area (TPSA) is 106 Å². The van der Waals surface area contributed by atoms with Gasteiger partial charge in [-0.25, -0.2) is 0 Å². The summed E-state index contributed by atoms with van der Waals surface area (Å²) < 4.78 is 16.9. The van der Waals surface area contributed by atoms with Crippen molar-refractivity contribution in [1.29, 1.82) is 0 Å². The lowest BCUT2D eigenvalue weighted by Crippen LogP contribution is -2.57. The lowest BCUT2D eigenvalue weighted by molar-refractivity contribution is -0.141. The summed E-state index contributed by atoms with van der Waals surface area (Å²) in [6, 6.07) is 6.33. The number of carbonyl (C=O) groups excluding carboxylic acids is 3. The van der Waals surface area contributed by atoms with Crippen LogP contribution in [0.3, 0.4) is 0 Å². The Morgan fingerprint density at radius 3 is 2.76 bits per heavy atom. The van der Waals surface area contributed by atoms with Gasteiger partial charge in [0.2, 0.25) is 17.7 Å². The minimum atomic E-state index is -1.16. The summed E-state index contributed by atoms with van der Waals surface area (Å²) in [5.74, 6) is -1.23. The molecule has 7 atom stereocenters. The lowest BCUT2D eigenvalue weighted by atomic mass is 9.74. The number of hydrogen-bond acceptors (Lipinski definition) is 6. The van der Waals surface area contributed by atoms with Gasteiger partial charge in [-0.2, -0.15) is 0 Å². The Morgan fingerprint density at radius 2 is 2.00 bits per heavy atom. The van der Waals surface area contributed by atoms with Crippen LogP contribution in [0.1, 0.15) is 39.0 Å². The van der Waals surface area contributed by atoms with Gasteiger partial charge in [-0.1, -0.05) is 38.0 Å². The number of rotatable bonds is 9. The molecule has 1 spiro atoms. The lowest BCUT2D eigenvalue weighted by Gasteiger charge is -2.36. The van der Waals surface area contributed by atoms with Crippen molar-refractivity contribution < 1.29 is 28.6 Å². The highest BCUT2D eigenvalue weighted by Crippen LogP contribution is 2.55. The molecule has 9 nitrogen and oxygen atoms in total. The van der Waals surface area contributed by atoms with Gasteiger partial charge in [-0.15, -0.1) is 0 Å². The molecule has 2 N–H and O–H groups in total. The molecule has 0 unspecified atom stereocenters. The maximum absolute atomic E-state index is 13.9. The van der Waals surface area contributed by atoms with Crippen LogP contribution in [0.15, 0.2) is 36.4 Å². The Labute approximate surface area is 217 Å². The van der Waals surface area contributed by atoms with Gasteiger partial charge in [0.15, 0.2) is 0 Å². The van der Waals surface area contributed by atoms with Gasteiger partial charge < -0.3 is 29.7 Å². The van der Waals surface area contributed by atoms with E-state index in [1.807, 2.05) is 12.2 Å². The average Bonchev–Trinajstić information content (AvgIpc) is 3.53. The van der Waals surface area contributed by atoms with E-state index in [2.05, 4.69) is 17.6 Å². The van der Waals surface area contributed by atoms with E-state index >= 15 is 0 Å². The quantitative estimate of drug-likeness (QED) is 0.390. The third-order valence-electron chi connectivity index (χ3n) is 8.45. The number of methoxy groups -OCH3 is 2. The van der Waals surface area contributed by atoms with Gasteiger partial charge in [-0.3, -0.25) is 14.4 Å². The molecule has 9 heteroatoms. The number of nitrogens with zero attached hydrogens (tertiary/aromatic N) is 1. The molecule has 4 aliphatic rings. The highest BCUT2D eigenvalue weighted by Gasteiger charge is 2.72. The molecule has 200 valence electrons. The van der Waals surface area contributed by atoms with Crippen LogP contribution < -0.4 is 15.4 Å². The van der Waals surface area contributed by atoms with E-state index in [4.69, 9.17) is 14.2 Å². The molecule has 1 aromatic carbocycles. The van der Waals surface area contributed by atoms with Gasteiger partial charge in [0.05, 0.1) is 25.0 Å². The van der Waals surface area contributed by atoms with Crippen LogP contribution in [-0.4, -0.2) is 73.8 Å². The van der Waals surface area contributed by atoms with Crippen molar-refractivity contribution >= 4 is 23.4 Å². The average molecular weight is 512 g/mol. The second-order valence-corrected chi connectivity index (χ2v) is 10.7. The van der Waals surface area contributed by atoms with Crippen molar-refractivity contribution in [2.45, 2.75) is 62.8 Å². The Balaban J connectivity index is 1.42. The number of amides is 3. The molecule has 37 heavy (non-hydrogen) atoms. The number of ether oxygens (including phenoxy) is 3. The molecule has 1 aliphatic carbocycles. The van der Waals surface area contributed by atoms with Crippen LogP contribution in [-0.2, 0) is 23.9 Å². The minimum absolute atomic E-state index is 0.0716. The Bertz CT molecular complexity index is 1080. The number of likely N-dealkylation sites (tertiary alicyclic amines) is 1. The zero-order valence-electron chi connectivity index (χ0n) is 21.8. The molecule has 0 aromatic heterocycles. The smallest absolute Gasteiger partial charge is 0.246 e. The van der Waals surface area contributed by atoms with E-state index < -0.39 is 29.6 Å². The second-order valence-electron chi connectivity index (χ2n) is 10.7. The van der Waals surface area contributed by atoms with Crippen LogP contribution in [0.4, 0.5) is 5.69 Å². The summed E-state index contributed by atoms with van der Waals surface area (Å²) in [6.45, 7) is 2.99. The maximum atomic E-state index is 13.9. The van der Waals surface area contributed by atoms with Gasteiger partial charge in [0.1, 0.15) is 17.4 Å². The second kappa shape index (κ2) is 10.5. The first-order chi connectivity index (χ1) is 17.9. The Hall–Kier alpha value is -2.91. The summed E-state index contributed by atoms with van der Waals surface area (Å²) >= 11 is 0. The highest BCUT2D eigenvalue weighted by molar-refractivity contribution is 6.02. The third-order valence-corrected chi connectivity index (χ3v) is 8.45. The monoisotopic (exact) mass is 511 g/mol. The first-order valence-electron chi connectivity index (χ1n) is 13.3. The number of anilines is 1. The Morgan fingerprint density at radius 1 is 1.19 bits per heavy atom. The number of fused-ring (bicyclic) bond motifs is 1. The molecule has 3 fully saturated rings. The van der Waals surface area contributed by atoms with Crippen LogP contribution in [0, 0.1) is 17.8 Å². The standard InChI is InChI=1S/C28H37N3O6/c1-17-8-4-5-11-20(17)30-26(33)24-28-13-12-21(37-28)22(23(28)27(34)31(24)14-7-15-35-2)25(32)29-18-9-6-10-19(16-18)36-3/h6,9-10,12-13,16-17,20-24H,4-5,7-8,11,14-15H2,1-3H3,(H,29,32)(H,30,33)/t17-,20-,21+,22+,23+,24-,28-/m0/s1. The van der Waals surface area contributed by atoms with E-state index in [1.54, 1.807) is 43.4 Å². The first-order valence-corrected chi connectivity index (χ1v) is 13.3. The van der Waals surface area contributed by atoms with Gasteiger partial charge >= 0.3 is 0 Å². The van der Waals surface area contributed by atoms with Crippen LogP contribution in [0.5, 0.6) is 5.75 Å². The molecule has 3 amide bonds. The predicted molar refractivity (Wildman–Crippen MR) is 137 cm³/mol. The number of nitrogens with one attached hydrogen (secondary N) is 2. The first kappa shape index (κ1) is 25.7. The van der Waals surface area contributed by atoms with Crippen molar-refractivity contribution in [3.63, 3.8) is 0 Å². The number of carbonyl (C=O) groups is 3. The van der Waals surface area contributed by atoms with E-state index in [-0.39, 0.29) is 23.8 Å². The molecular weight excluding hydrogens is 474 g/mol. The van der Waals surface area contributed by atoms with Crippen LogP contribution in [0.2, 0.25) is 0 Å². The van der Waals surface area contributed by atoms with Crippen molar-refractivity contribution in [2.24, 2.45) is 17.8 Å². The van der Waals surface area contributed by atoms with E-state index in [0.29, 0.717) is 36.9 Å². The van der Waals surface area contributed by atoms with E-state index in [0.717, 1.165) is 19.3 Å². The van der Waals surface area contributed by atoms with Crippen molar-refractivity contribution in [2.75, 3.05) is 32.7 Å². The van der Waals surface area contributed by atoms with E-state index in [1.165, 1.54) is 6.42 Å². The van der Waals surface area contributed by atoms with Gasteiger partial charge in [0, 0.05) is 38.1 Å².